The van der Waals surface area contributed by atoms with E-state index in [2.05, 4.69) is 37.5 Å². The van der Waals surface area contributed by atoms with Crippen LogP contribution in [0.15, 0.2) is 54.6 Å². The van der Waals surface area contributed by atoms with Crippen molar-refractivity contribution in [3.63, 3.8) is 0 Å². The predicted molar refractivity (Wildman–Crippen MR) is 85.1 cm³/mol. The molecule has 3 nitrogen and oxygen atoms in total. The number of hydrogen-bond acceptors (Lipinski definition) is 2. The lowest BCUT2D eigenvalue weighted by atomic mass is 9.99. The average Bonchev–Trinajstić information content (AvgIpc) is 2.74. The molecule has 1 heterocycles. The first-order chi connectivity index (χ1) is 10.2. The molecule has 2 atom stereocenters. The summed E-state index contributed by atoms with van der Waals surface area (Å²) in [6.45, 7) is 4.35. The Hall–Kier alpha value is -2.29. The summed E-state index contributed by atoms with van der Waals surface area (Å²) in [7, 11) is 0. The number of amides is 1. The Balaban J connectivity index is 1.74. The van der Waals surface area contributed by atoms with Crippen LogP contribution in [0.2, 0.25) is 0 Å². The van der Waals surface area contributed by atoms with E-state index in [1.54, 1.807) is 0 Å². The van der Waals surface area contributed by atoms with Crippen molar-refractivity contribution in [2.45, 2.75) is 32.2 Å². The molecule has 21 heavy (non-hydrogen) atoms. The lowest BCUT2D eigenvalue weighted by Gasteiger charge is -2.26. The van der Waals surface area contributed by atoms with Gasteiger partial charge in [-0.25, -0.2) is 0 Å². The maximum Gasteiger partial charge on any atom is 0.242 e. The third-order valence-electron chi connectivity index (χ3n) is 4.27. The van der Waals surface area contributed by atoms with Crippen molar-refractivity contribution in [3.8, 4) is 0 Å². The van der Waals surface area contributed by atoms with Crippen molar-refractivity contribution in [2.24, 2.45) is 0 Å². The van der Waals surface area contributed by atoms with Gasteiger partial charge < -0.3 is 0 Å². The Morgan fingerprint density at radius 3 is 2.48 bits per heavy atom. The fraction of sp³-hybridized carbons (Fsp3) is 0.278. The van der Waals surface area contributed by atoms with Gasteiger partial charge in [0.1, 0.15) is 0 Å². The highest BCUT2D eigenvalue weighted by atomic mass is 16.2. The summed E-state index contributed by atoms with van der Waals surface area (Å²) in [6, 6.07) is 18.4. The molecule has 0 unspecified atom stereocenters. The second kappa shape index (κ2) is 5.60. The summed E-state index contributed by atoms with van der Waals surface area (Å²) in [5, 5.41) is 2.01. The van der Waals surface area contributed by atoms with Crippen LogP contribution < -0.4 is 10.4 Å². The third kappa shape index (κ3) is 2.64. The maximum atomic E-state index is 12.3. The number of rotatable bonds is 3. The molecule has 3 heteroatoms. The van der Waals surface area contributed by atoms with Gasteiger partial charge in [-0.15, -0.1) is 0 Å². The average molecular weight is 280 g/mol. The van der Waals surface area contributed by atoms with E-state index >= 15 is 0 Å². The van der Waals surface area contributed by atoms with E-state index in [1.807, 2.05) is 41.4 Å². The quantitative estimate of drug-likeness (QED) is 0.936. The summed E-state index contributed by atoms with van der Waals surface area (Å²) < 4.78 is 0. The number of anilines is 1. The number of carbonyl (C=O) groups excluding carboxylic acids is 1. The first kappa shape index (κ1) is 13.7. The molecule has 1 aliphatic rings. The number of fused-ring (bicyclic) bond motifs is 1. The van der Waals surface area contributed by atoms with Gasteiger partial charge in [-0.1, -0.05) is 55.5 Å². The normalized spacial score (nSPS) is 20.2. The Labute approximate surface area is 125 Å². The zero-order valence-electron chi connectivity index (χ0n) is 12.4. The lowest BCUT2D eigenvalue weighted by molar-refractivity contribution is -0.120. The Bertz CT molecular complexity index is 639. The molecule has 2 aromatic rings. The zero-order chi connectivity index (χ0) is 14.8. The molecule has 0 bridgehead atoms. The first-order valence-corrected chi connectivity index (χ1v) is 7.38. The molecular formula is C18H20N2O. The molecule has 0 radical (unpaired) electrons. The topological polar surface area (TPSA) is 32.3 Å². The smallest absolute Gasteiger partial charge is 0.242 e. The minimum atomic E-state index is 0.0250. The van der Waals surface area contributed by atoms with Gasteiger partial charge in [0.05, 0.1) is 18.2 Å². The van der Waals surface area contributed by atoms with Gasteiger partial charge >= 0.3 is 0 Å². The van der Waals surface area contributed by atoms with E-state index < -0.39 is 0 Å². The van der Waals surface area contributed by atoms with E-state index in [-0.39, 0.29) is 11.9 Å². The number of carbonyl (C=O) groups is 1. The highest BCUT2D eigenvalue weighted by Crippen LogP contribution is 2.38. The van der Waals surface area contributed by atoms with E-state index in [1.165, 1.54) is 5.56 Å². The van der Waals surface area contributed by atoms with Gasteiger partial charge in [0.2, 0.25) is 5.91 Å². The van der Waals surface area contributed by atoms with E-state index in [0.717, 1.165) is 11.3 Å². The van der Waals surface area contributed by atoms with Gasteiger partial charge in [0.25, 0.3) is 0 Å². The van der Waals surface area contributed by atoms with Crippen molar-refractivity contribution in [1.29, 1.82) is 0 Å². The molecule has 1 aliphatic heterocycles. The SMILES string of the molecule is C[C@H]1c2ccccc2N(NC(=O)Cc2ccccc2)[C@H]1C. The van der Waals surface area contributed by atoms with E-state index in [9.17, 15) is 4.79 Å². The third-order valence-corrected chi connectivity index (χ3v) is 4.27. The van der Waals surface area contributed by atoms with E-state index in [0.29, 0.717) is 12.3 Å². The van der Waals surface area contributed by atoms with Crippen molar-refractivity contribution < 1.29 is 4.79 Å². The largest absolute Gasteiger partial charge is 0.282 e. The second-order valence-corrected chi connectivity index (χ2v) is 5.66. The molecule has 0 aliphatic carbocycles. The van der Waals surface area contributed by atoms with E-state index in [4.69, 9.17) is 0 Å². The van der Waals surface area contributed by atoms with Crippen LogP contribution in [0.4, 0.5) is 5.69 Å². The van der Waals surface area contributed by atoms with Gasteiger partial charge in [0, 0.05) is 5.92 Å². The number of benzene rings is 2. The summed E-state index contributed by atoms with van der Waals surface area (Å²) in [5.74, 6) is 0.440. The Morgan fingerprint density at radius 2 is 1.71 bits per heavy atom. The highest BCUT2D eigenvalue weighted by Gasteiger charge is 2.33. The van der Waals surface area contributed by atoms with Crippen LogP contribution >= 0.6 is 0 Å². The van der Waals surface area contributed by atoms with Gasteiger partial charge in [0.15, 0.2) is 0 Å². The molecule has 3 rings (SSSR count). The summed E-state index contributed by atoms with van der Waals surface area (Å²) in [5.41, 5.74) is 6.50. The highest BCUT2D eigenvalue weighted by molar-refractivity contribution is 5.81. The molecule has 0 aromatic heterocycles. The minimum Gasteiger partial charge on any atom is -0.282 e. The number of hydrogen-bond donors (Lipinski definition) is 1. The fourth-order valence-corrected chi connectivity index (χ4v) is 2.91. The fourth-order valence-electron chi connectivity index (χ4n) is 2.91. The Morgan fingerprint density at radius 1 is 1.05 bits per heavy atom. The van der Waals surface area contributed by atoms with Crippen LogP contribution in [0.25, 0.3) is 0 Å². The van der Waals surface area contributed by atoms with Crippen molar-refractivity contribution in [3.05, 3.63) is 65.7 Å². The molecule has 2 aromatic carbocycles. The summed E-state index contributed by atoms with van der Waals surface area (Å²) in [4.78, 5) is 12.3. The monoisotopic (exact) mass is 280 g/mol. The Kier molecular flexibility index (Phi) is 3.65. The zero-order valence-corrected chi connectivity index (χ0v) is 12.4. The van der Waals surface area contributed by atoms with Crippen LogP contribution in [-0.2, 0) is 11.2 Å². The number of nitrogens with zero attached hydrogens (tertiary/aromatic N) is 1. The maximum absolute atomic E-state index is 12.3. The van der Waals surface area contributed by atoms with Crippen LogP contribution in [-0.4, -0.2) is 11.9 Å². The molecule has 1 N–H and O–H groups in total. The van der Waals surface area contributed by atoms with Crippen LogP contribution in [0, 0.1) is 0 Å². The summed E-state index contributed by atoms with van der Waals surface area (Å²) >= 11 is 0. The van der Waals surface area contributed by atoms with Crippen LogP contribution in [0.1, 0.15) is 30.9 Å². The number of para-hydroxylation sites is 1. The van der Waals surface area contributed by atoms with Crippen molar-refractivity contribution in [1.82, 2.24) is 5.43 Å². The van der Waals surface area contributed by atoms with Gasteiger partial charge in [-0.05, 0) is 24.1 Å². The van der Waals surface area contributed by atoms with Crippen LogP contribution in [0.5, 0.6) is 0 Å². The predicted octanol–water partition coefficient (Wildman–Crippen LogP) is 3.27. The molecule has 0 spiro atoms. The molecule has 1 amide bonds. The van der Waals surface area contributed by atoms with Crippen LogP contribution in [0.3, 0.4) is 0 Å². The summed E-state index contributed by atoms with van der Waals surface area (Å²) in [6.07, 6.45) is 0.403. The molecule has 0 fully saturated rings. The van der Waals surface area contributed by atoms with Crippen molar-refractivity contribution >= 4 is 11.6 Å². The second-order valence-electron chi connectivity index (χ2n) is 5.66. The van der Waals surface area contributed by atoms with Gasteiger partial charge in [-0.3, -0.25) is 15.2 Å². The van der Waals surface area contributed by atoms with Gasteiger partial charge in [-0.2, -0.15) is 0 Å². The molecule has 108 valence electrons. The number of nitrogens with one attached hydrogen (secondary N) is 1. The minimum absolute atomic E-state index is 0.0250. The molecular weight excluding hydrogens is 260 g/mol. The lowest BCUT2D eigenvalue weighted by Crippen LogP contribution is -2.46. The number of hydrazine groups is 1. The first-order valence-electron chi connectivity index (χ1n) is 7.38. The molecule has 0 saturated heterocycles. The van der Waals surface area contributed by atoms with Crippen molar-refractivity contribution in [2.75, 3.05) is 5.01 Å². The molecule has 0 saturated carbocycles. The standard InChI is InChI=1S/C18H20N2O/c1-13-14(2)20(17-11-7-6-10-16(13)17)19-18(21)12-15-8-4-3-5-9-15/h3-11,13-14H,12H2,1-2H3,(H,19,21)/t13-,14+/m1/s1.